The van der Waals surface area contributed by atoms with E-state index in [4.69, 9.17) is 9.15 Å². The van der Waals surface area contributed by atoms with Crippen molar-refractivity contribution in [2.75, 3.05) is 13.2 Å². The Hall–Kier alpha value is -2.15. The van der Waals surface area contributed by atoms with Crippen molar-refractivity contribution in [1.29, 1.82) is 0 Å². The summed E-state index contributed by atoms with van der Waals surface area (Å²) in [7, 11) is 0. The molecule has 3 atom stereocenters. The standard InChI is InChI=1S/C19H23N3O3/c1-12-6-7-17(25-12)15-10-16(22-21-15)19(23)20-11-18-14-5-3-2-4-13(14)8-9-24-18/h2-7,15-16,18,21-22H,8-11H2,1H3,(H,20,23). The molecule has 25 heavy (non-hydrogen) atoms. The third kappa shape index (κ3) is 3.46. The van der Waals surface area contributed by atoms with Gasteiger partial charge in [-0.25, -0.2) is 10.9 Å². The molecule has 1 fully saturated rings. The second kappa shape index (κ2) is 7.00. The Kier molecular flexibility index (Phi) is 4.57. The topological polar surface area (TPSA) is 75.5 Å². The first-order chi connectivity index (χ1) is 12.2. The van der Waals surface area contributed by atoms with E-state index in [1.165, 1.54) is 11.1 Å². The van der Waals surface area contributed by atoms with Crippen LogP contribution in [-0.4, -0.2) is 25.1 Å². The minimum absolute atomic E-state index is 0.0103. The first-order valence-electron chi connectivity index (χ1n) is 8.75. The van der Waals surface area contributed by atoms with Gasteiger partial charge in [-0.2, -0.15) is 0 Å². The van der Waals surface area contributed by atoms with Gasteiger partial charge in [-0.15, -0.1) is 0 Å². The molecule has 2 aromatic rings. The SMILES string of the molecule is Cc1ccc(C2CC(C(=O)NCC3OCCc4ccccc43)NN2)o1. The fourth-order valence-corrected chi connectivity index (χ4v) is 3.52. The molecule has 132 valence electrons. The minimum Gasteiger partial charge on any atom is -0.465 e. The van der Waals surface area contributed by atoms with Crippen LogP contribution in [0.5, 0.6) is 0 Å². The van der Waals surface area contributed by atoms with Gasteiger partial charge in [0, 0.05) is 6.54 Å². The number of amides is 1. The van der Waals surface area contributed by atoms with Crippen LogP contribution in [0.25, 0.3) is 0 Å². The molecule has 0 aliphatic carbocycles. The van der Waals surface area contributed by atoms with Crippen molar-refractivity contribution in [1.82, 2.24) is 16.2 Å². The van der Waals surface area contributed by atoms with Crippen molar-refractivity contribution in [3.63, 3.8) is 0 Å². The average molecular weight is 341 g/mol. The normalized spacial score (nSPS) is 25.6. The Bertz CT molecular complexity index is 758. The fraction of sp³-hybridized carbons (Fsp3) is 0.421. The fourth-order valence-electron chi connectivity index (χ4n) is 3.52. The van der Waals surface area contributed by atoms with Crippen LogP contribution < -0.4 is 16.2 Å². The number of nitrogens with one attached hydrogen (secondary N) is 3. The van der Waals surface area contributed by atoms with Crippen molar-refractivity contribution >= 4 is 5.91 Å². The average Bonchev–Trinajstić information content (AvgIpc) is 3.28. The maximum atomic E-state index is 12.5. The van der Waals surface area contributed by atoms with Crippen LogP contribution in [0.15, 0.2) is 40.8 Å². The molecule has 2 aliphatic heterocycles. The molecule has 3 unspecified atom stereocenters. The summed E-state index contributed by atoms with van der Waals surface area (Å²) < 4.78 is 11.5. The van der Waals surface area contributed by atoms with Gasteiger partial charge in [-0.05, 0) is 43.0 Å². The minimum atomic E-state index is -0.283. The van der Waals surface area contributed by atoms with Crippen LogP contribution in [-0.2, 0) is 16.0 Å². The lowest BCUT2D eigenvalue weighted by molar-refractivity contribution is -0.123. The lowest BCUT2D eigenvalue weighted by Crippen LogP contribution is -2.44. The third-order valence-electron chi connectivity index (χ3n) is 4.88. The van der Waals surface area contributed by atoms with Gasteiger partial charge in [0.05, 0.1) is 12.6 Å². The highest BCUT2D eigenvalue weighted by atomic mass is 16.5. The highest BCUT2D eigenvalue weighted by Gasteiger charge is 2.32. The zero-order valence-corrected chi connectivity index (χ0v) is 14.2. The number of hydrogen-bond donors (Lipinski definition) is 3. The van der Waals surface area contributed by atoms with Crippen molar-refractivity contribution in [2.24, 2.45) is 0 Å². The quantitative estimate of drug-likeness (QED) is 0.792. The zero-order chi connectivity index (χ0) is 17.2. The summed E-state index contributed by atoms with van der Waals surface area (Å²) in [5.41, 5.74) is 8.68. The van der Waals surface area contributed by atoms with E-state index >= 15 is 0 Å². The highest BCUT2D eigenvalue weighted by molar-refractivity contribution is 5.82. The van der Waals surface area contributed by atoms with Gasteiger partial charge < -0.3 is 14.5 Å². The summed E-state index contributed by atoms with van der Waals surface area (Å²) >= 11 is 0. The molecule has 1 aromatic heterocycles. The van der Waals surface area contributed by atoms with Crippen molar-refractivity contribution in [2.45, 2.75) is 38.0 Å². The first-order valence-corrected chi connectivity index (χ1v) is 8.75. The van der Waals surface area contributed by atoms with Crippen LogP contribution in [0.2, 0.25) is 0 Å². The molecule has 0 radical (unpaired) electrons. The molecule has 4 rings (SSSR count). The van der Waals surface area contributed by atoms with Crippen molar-refractivity contribution in [3.8, 4) is 0 Å². The number of fused-ring (bicyclic) bond motifs is 1. The van der Waals surface area contributed by atoms with Gasteiger partial charge in [-0.3, -0.25) is 4.79 Å². The summed E-state index contributed by atoms with van der Waals surface area (Å²) in [5, 5.41) is 3.02. The van der Waals surface area contributed by atoms with Gasteiger partial charge in [-0.1, -0.05) is 24.3 Å². The number of carbonyl (C=O) groups is 1. The molecule has 2 aliphatic rings. The summed E-state index contributed by atoms with van der Waals surface area (Å²) in [4.78, 5) is 12.5. The van der Waals surface area contributed by atoms with E-state index in [-0.39, 0.29) is 24.1 Å². The van der Waals surface area contributed by atoms with E-state index in [0.717, 1.165) is 17.9 Å². The smallest absolute Gasteiger partial charge is 0.238 e. The summed E-state index contributed by atoms with van der Waals surface area (Å²) in [6.07, 6.45) is 1.51. The molecule has 0 saturated carbocycles. The molecule has 1 amide bonds. The number of hydrogen-bond acceptors (Lipinski definition) is 5. The van der Waals surface area contributed by atoms with E-state index < -0.39 is 0 Å². The lowest BCUT2D eigenvalue weighted by Gasteiger charge is -2.26. The predicted molar refractivity (Wildman–Crippen MR) is 92.7 cm³/mol. The van der Waals surface area contributed by atoms with E-state index in [0.29, 0.717) is 19.6 Å². The summed E-state index contributed by atoms with van der Waals surface area (Å²) in [6, 6.07) is 11.9. The second-order valence-electron chi connectivity index (χ2n) is 6.63. The molecular weight excluding hydrogens is 318 g/mol. The van der Waals surface area contributed by atoms with Crippen LogP contribution in [0, 0.1) is 6.92 Å². The molecule has 6 nitrogen and oxygen atoms in total. The number of furan rings is 1. The number of carbonyl (C=O) groups excluding carboxylic acids is 1. The largest absolute Gasteiger partial charge is 0.465 e. The maximum Gasteiger partial charge on any atom is 0.238 e. The molecule has 0 spiro atoms. The number of aryl methyl sites for hydroxylation is 1. The monoisotopic (exact) mass is 341 g/mol. The number of benzene rings is 1. The molecule has 3 N–H and O–H groups in total. The van der Waals surface area contributed by atoms with E-state index in [2.05, 4.69) is 28.3 Å². The van der Waals surface area contributed by atoms with Crippen LogP contribution in [0.4, 0.5) is 0 Å². The third-order valence-corrected chi connectivity index (χ3v) is 4.88. The van der Waals surface area contributed by atoms with Crippen LogP contribution in [0.1, 0.15) is 41.2 Å². The highest BCUT2D eigenvalue weighted by Crippen LogP contribution is 2.27. The number of hydrazine groups is 1. The second-order valence-corrected chi connectivity index (χ2v) is 6.63. The Morgan fingerprint density at radius 2 is 2.12 bits per heavy atom. The number of ether oxygens (including phenoxy) is 1. The lowest BCUT2D eigenvalue weighted by atomic mass is 9.97. The van der Waals surface area contributed by atoms with Gasteiger partial charge >= 0.3 is 0 Å². The molecule has 1 saturated heterocycles. The summed E-state index contributed by atoms with van der Waals surface area (Å²) in [6.45, 7) is 3.09. The van der Waals surface area contributed by atoms with E-state index in [1.54, 1.807) is 0 Å². The van der Waals surface area contributed by atoms with Gasteiger partial charge in [0.2, 0.25) is 5.91 Å². The Labute approximate surface area is 146 Å². The predicted octanol–water partition coefficient (Wildman–Crippen LogP) is 1.93. The van der Waals surface area contributed by atoms with E-state index in [9.17, 15) is 4.79 Å². The van der Waals surface area contributed by atoms with Gasteiger partial charge in [0.15, 0.2) is 0 Å². The van der Waals surface area contributed by atoms with Gasteiger partial charge in [0.1, 0.15) is 23.7 Å². The van der Waals surface area contributed by atoms with Crippen LogP contribution in [0.3, 0.4) is 0 Å². The molecular formula is C19H23N3O3. The number of rotatable bonds is 4. The molecule has 6 heteroatoms. The van der Waals surface area contributed by atoms with Crippen LogP contribution >= 0.6 is 0 Å². The van der Waals surface area contributed by atoms with E-state index in [1.807, 2.05) is 31.2 Å². The Balaban J connectivity index is 1.33. The van der Waals surface area contributed by atoms with Gasteiger partial charge in [0.25, 0.3) is 0 Å². The first kappa shape index (κ1) is 16.3. The molecule has 0 bridgehead atoms. The zero-order valence-electron chi connectivity index (χ0n) is 14.2. The van der Waals surface area contributed by atoms with Crippen molar-refractivity contribution in [3.05, 3.63) is 59.0 Å². The maximum absolute atomic E-state index is 12.5. The van der Waals surface area contributed by atoms with Crippen molar-refractivity contribution < 1.29 is 13.9 Å². The summed E-state index contributed by atoms with van der Waals surface area (Å²) in [5.74, 6) is 1.70. The Morgan fingerprint density at radius 3 is 2.96 bits per heavy atom. The Morgan fingerprint density at radius 1 is 1.24 bits per heavy atom. The molecule has 1 aromatic carbocycles. The molecule has 3 heterocycles.